The van der Waals surface area contributed by atoms with E-state index in [9.17, 15) is 23.7 Å². The molecule has 0 heterocycles. The molecular weight excluding hydrogens is 244 g/mol. The maximum absolute atomic E-state index is 12.6. The molecule has 0 fully saturated rings. The topological polar surface area (TPSA) is 60.2 Å². The molecule has 7 heteroatoms. The van der Waals surface area contributed by atoms with Crippen LogP contribution in [0.4, 0.5) is 14.5 Å². The van der Waals surface area contributed by atoms with Crippen LogP contribution in [0.5, 0.6) is 0 Å². The Morgan fingerprint density at radius 3 is 2.44 bits per heavy atom. The van der Waals surface area contributed by atoms with Gasteiger partial charge in [-0.1, -0.05) is 11.6 Å². The molecule has 0 aliphatic heterocycles. The molecule has 0 aromatic heterocycles. The number of benzene rings is 1. The van der Waals surface area contributed by atoms with Crippen LogP contribution >= 0.6 is 11.6 Å². The number of carbonyl (C=O) groups excluding carboxylic acids is 1. The lowest BCUT2D eigenvalue weighted by Crippen LogP contribution is -2.05. The first-order valence-corrected chi connectivity index (χ1v) is 4.49. The minimum Gasteiger partial charge on any atom is -0.294 e. The molecule has 0 atom stereocenters. The number of ketones is 1. The molecule has 1 aromatic rings. The largest absolute Gasteiger partial charge is 0.294 e. The molecule has 0 bridgehead atoms. The molecule has 0 saturated heterocycles. The Balaban J connectivity index is 3.60. The minimum absolute atomic E-state index is 0.202. The second-order valence-electron chi connectivity index (χ2n) is 3.00. The van der Waals surface area contributed by atoms with Crippen LogP contribution < -0.4 is 0 Å². The number of alkyl halides is 2. The summed E-state index contributed by atoms with van der Waals surface area (Å²) < 4.78 is 25.2. The van der Waals surface area contributed by atoms with Gasteiger partial charge in [0.1, 0.15) is 5.56 Å². The number of Topliss-reactive ketones (excluding diaryl/α,β-unsaturated/α-hetero) is 1. The van der Waals surface area contributed by atoms with Crippen molar-refractivity contribution in [3.05, 3.63) is 38.4 Å². The number of nitro groups is 1. The zero-order valence-corrected chi connectivity index (χ0v) is 8.79. The molecule has 0 saturated carbocycles. The van der Waals surface area contributed by atoms with Crippen molar-refractivity contribution >= 4 is 23.1 Å². The van der Waals surface area contributed by atoms with E-state index in [0.29, 0.717) is 0 Å². The van der Waals surface area contributed by atoms with Gasteiger partial charge in [-0.05, 0) is 13.0 Å². The lowest BCUT2D eigenvalue weighted by Gasteiger charge is -2.07. The van der Waals surface area contributed by atoms with Gasteiger partial charge in [0.05, 0.1) is 4.92 Å². The van der Waals surface area contributed by atoms with Gasteiger partial charge in [0, 0.05) is 16.7 Å². The van der Waals surface area contributed by atoms with E-state index in [1.165, 1.54) is 0 Å². The summed E-state index contributed by atoms with van der Waals surface area (Å²) in [6.07, 6.45) is -2.99. The normalized spacial score (nSPS) is 10.6. The summed E-state index contributed by atoms with van der Waals surface area (Å²) in [6, 6.07) is 1.74. The maximum atomic E-state index is 12.6. The van der Waals surface area contributed by atoms with Gasteiger partial charge in [0.25, 0.3) is 12.1 Å². The second kappa shape index (κ2) is 4.52. The minimum atomic E-state index is -2.99. The van der Waals surface area contributed by atoms with Gasteiger partial charge in [-0.25, -0.2) is 8.78 Å². The summed E-state index contributed by atoms with van der Waals surface area (Å²) in [5, 5.41) is 10.4. The molecule has 0 N–H and O–H groups in total. The third kappa shape index (κ3) is 2.33. The number of carbonyl (C=O) groups is 1. The Morgan fingerprint density at radius 1 is 1.50 bits per heavy atom. The number of nitrogens with zero attached hydrogens (tertiary/aromatic N) is 1. The van der Waals surface area contributed by atoms with E-state index in [1.807, 2.05) is 0 Å². The molecule has 0 spiro atoms. The van der Waals surface area contributed by atoms with Crippen molar-refractivity contribution < 1.29 is 18.5 Å². The van der Waals surface area contributed by atoms with Crippen molar-refractivity contribution in [3.8, 4) is 0 Å². The van der Waals surface area contributed by atoms with Crippen LogP contribution in [0.2, 0.25) is 5.02 Å². The molecule has 0 aliphatic carbocycles. The Kier molecular flexibility index (Phi) is 3.54. The zero-order chi connectivity index (χ0) is 12.5. The summed E-state index contributed by atoms with van der Waals surface area (Å²) >= 11 is 5.47. The van der Waals surface area contributed by atoms with Gasteiger partial charge in [0.2, 0.25) is 0 Å². The van der Waals surface area contributed by atoms with Crippen LogP contribution in [-0.4, -0.2) is 10.7 Å². The van der Waals surface area contributed by atoms with Gasteiger partial charge in [-0.3, -0.25) is 14.9 Å². The lowest BCUT2D eigenvalue weighted by molar-refractivity contribution is -0.385. The summed E-state index contributed by atoms with van der Waals surface area (Å²) in [5.41, 5.74) is -2.01. The van der Waals surface area contributed by atoms with E-state index in [0.717, 1.165) is 19.1 Å². The van der Waals surface area contributed by atoms with Crippen LogP contribution in [0.3, 0.4) is 0 Å². The Morgan fingerprint density at radius 2 is 2.06 bits per heavy atom. The number of hydrogen-bond acceptors (Lipinski definition) is 3. The summed E-state index contributed by atoms with van der Waals surface area (Å²) in [5.74, 6) is -0.793. The van der Waals surface area contributed by atoms with Crippen molar-refractivity contribution in [2.45, 2.75) is 13.3 Å². The third-order valence-corrected chi connectivity index (χ3v) is 2.11. The van der Waals surface area contributed by atoms with Crippen molar-refractivity contribution in [3.63, 3.8) is 0 Å². The first kappa shape index (κ1) is 12.5. The number of hydrogen-bond donors (Lipinski definition) is 0. The van der Waals surface area contributed by atoms with E-state index in [1.54, 1.807) is 0 Å². The second-order valence-corrected chi connectivity index (χ2v) is 3.44. The quantitative estimate of drug-likeness (QED) is 0.469. The van der Waals surface area contributed by atoms with E-state index >= 15 is 0 Å². The molecule has 4 nitrogen and oxygen atoms in total. The monoisotopic (exact) mass is 249 g/mol. The average molecular weight is 250 g/mol. The van der Waals surface area contributed by atoms with Crippen LogP contribution in [0.1, 0.15) is 29.3 Å². The van der Waals surface area contributed by atoms with E-state index in [4.69, 9.17) is 11.6 Å². The van der Waals surface area contributed by atoms with E-state index in [-0.39, 0.29) is 5.02 Å². The standard InChI is InChI=1S/C9H6ClF2NO3/c1-4(14)8-6(9(11)12)2-5(10)3-7(8)13(15)16/h2-3,9H,1H3. The highest BCUT2D eigenvalue weighted by atomic mass is 35.5. The Hall–Kier alpha value is -1.56. The number of nitro benzene ring substituents is 1. The fourth-order valence-electron chi connectivity index (χ4n) is 1.31. The first-order valence-electron chi connectivity index (χ1n) is 4.11. The highest BCUT2D eigenvalue weighted by Crippen LogP contribution is 2.33. The highest BCUT2D eigenvalue weighted by Gasteiger charge is 2.26. The Bertz CT molecular complexity index is 462. The van der Waals surface area contributed by atoms with Gasteiger partial charge in [0.15, 0.2) is 5.78 Å². The maximum Gasteiger partial charge on any atom is 0.282 e. The molecule has 0 unspecified atom stereocenters. The van der Waals surface area contributed by atoms with Crippen LogP contribution in [0, 0.1) is 10.1 Å². The van der Waals surface area contributed by atoms with Crippen LogP contribution in [-0.2, 0) is 0 Å². The van der Waals surface area contributed by atoms with Crippen LogP contribution in [0.15, 0.2) is 12.1 Å². The van der Waals surface area contributed by atoms with E-state index < -0.39 is 33.9 Å². The fourth-order valence-corrected chi connectivity index (χ4v) is 1.53. The van der Waals surface area contributed by atoms with Crippen molar-refractivity contribution in [2.75, 3.05) is 0 Å². The molecule has 0 aliphatic rings. The Labute approximate surface area is 94.0 Å². The zero-order valence-electron chi connectivity index (χ0n) is 8.04. The molecule has 1 aromatic carbocycles. The molecule has 86 valence electrons. The average Bonchev–Trinajstić information content (AvgIpc) is 2.15. The van der Waals surface area contributed by atoms with Crippen molar-refractivity contribution in [2.24, 2.45) is 0 Å². The third-order valence-electron chi connectivity index (χ3n) is 1.90. The molecule has 0 amide bonds. The van der Waals surface area contributed by atoms with Gasteiger partial charge in [-0.2, -0.15) is 0 Å². The molecule has 0 radical (unpaired) electrons. The first-order chi connectivity index (χ1) is 7.34. The predicted molar refractivity (Wildman–Crippen MR) is 53.1 cm³/mol. The van der Waals surface area contributed by atoms with Crippen molar-refractivity contribution in [1.29, 1.82) is 0 Å². The highest BCUT2D eigenvalue weighted by molar-refractivity contribution is 6.31. The SMILES string of the molecule is CC(=O)c1c(C(F)F)cc(Cl)cc1[N+](=O)[O-]. The summed E-state index contributed by atoms with van der Waals surface area (Å²) in [4.78, 5) is 20.8. The molecule has 1 rings (SSSR count). The van der Waals surface area contributed by atoms with Crippen LogP contribution in [0.25, 0.3) is 0 Å². The smallest absolute Gasteiger partial charge is 0.282 e. The number of rotatable bonds is 3. The lowest BCUT2D eigenvalue weighted by atomic mass is 10.0. The number of halogens is 3. The molecule has 16 heavy (non-hydrogen) atoms. The van der Waals surface area contributed by atoms with Crippen molar-refractivity contribution in [1.82, 2.24) is 0 Å². The summed E-state index contributed by atoms with van der Waals surface area (Å²) in [7, 11) is 0. The van der Waals surface area contributed by atoms with E-state index in [2.05, 4.69) is 0 Å². The van der Waals surface area contributed by atoms with Gasteiger partial charge in [-0.15, -0.1) is 0 Å². The predicted octanol–water partition coefficient (Wildman–Crippen LogP) is 3.39. The van der Waals surface area contributed by atoms with Gasteiger partial charge < -0.3 is 0 Å². The van der Waals surface area contributed by atoms with Gasteiger partial charge >= 0.3 is 0 Å². The molecular formula is C9H6ClF2NO3. The summed E-state index contributed by atoms with van der Waals surface area (Å²) in [6.45, 7) is 0.988. The fraction of sp³-hybridized carbons (Fsp3) is 0.222.